The van der Waals surface area contributed by atoms with Crippen LogP contribution in [-0.4, -0.2) is 59.9 Å². The van der Waals surface area contributed by atoms with Crippen LogP contribution >= 0.6 is 0 Å². The molecular weight excluding hydrogens is 351 g/mol. The lowest BCUT2D eigenvalue weighted by Gasteiger charge is -2.26. The van der Waals surface area contributed by atoms with Crippen LogP contribution in [-0.2, 0) is 15.1 Å². The van der Waals surface area contributed by atoms with E-state index in [-0.39, 0.29) is 12.6 Å². The number of hydrogen-bond donors (Lipinski definition) is 2. The van der Waals surface area contributed by atoms with Crippen LogP contribution in [0.3, 0.4) is 0 Å². The molecule has 2 rings (SSSR count). The zero-order chi connectivity index (χ0) is 20.2. The molecule has 2 N–H and O–H groups in total. The second kappa shape index (κ2) is 8.47. The highest BCUT2D eigenvalue weighted by molar-refractivity contribution is 6.09. The van der Waals surface area contributed by atoms with Gasteiger partial charge in [0, 0.05) is 12.6 Å². The second-order valence-electron chi connectivity index (χ2n) is 6.83. The minimum absolute atomic E-state index is 0.150. The first-order chi connectivity index (χ1) is 12.7. The molecule has 1 heterocycles. The Morgan fingerprint density at radius 1 is 1.26 bits per heavy atom. The van der Waals surface area contributed by atoms with Gasteiger partial charge in [-0.1, -0.05) is 26.0 Å². The van der Waals surface area contributed by atoms with E-state index >= 15 is 0 Å². The van der Waals surface area contributed by atoms with E-state index in [1.54, 1.807) is 6.92 Å². The standard InChI is InChI=1S/C19H27FN4O3/c1-5-23(6-2)13(3)11-21-16(25)12-24-17(26)19(4,22-18(24)27)14-7-9-15(20)10-8-14/h7-10,13H,5-6,11-12H2,1-4H3,(H,21,25)(H,22,27). The van der Waals surface area contributed by atoms with Gasteiger partial charge in [0.05, 0.1) is 0 Å². The summed E-state index contributed by atoms with van der Waals surface area (Å²) < 4.78 is 13.1. The summed E-state index contributed by atoms with van der Waals surface area (Å²) in [6.07, 6.45) is 0. The maximum absolute atomic E-state index is 13.1. The fraction of sp³-hybridized carbons (Fsp3) is 0.526. The van der Waals surface area contributed by atoms with Gasteiger partial charge >= 0.3 is 6.03 Å². The molecule has 1 aliphatic rings. The average Bonchev–Trinajstić information content (AvgIpc) is 2.85. The van der Waals surface area contributed by atoms with Crippen molar-refractivity contribution >= 4 is 17.8 Å². The monoisotopic (exact) mass is 378 g/mol. The Labute approximate surface area is 158 Å². The van der Waals surface area contributed by atoms with Gasteiger partial charge in [0.1, 0.15) is 17.9 Å². The maximum atomic E-state index is 13.1. The number of hydrogen-bond acceptors (Lipinski definition) is 4. The number of imide groups is 1. The predicted octanol–water partition coefficient (Wildman–Crippen LogP) is 1.44. The smallest absolute Gasteiger partial charge is 0.325 e. The SMILES string of the molecule is CCN(CC)C(C)CNC(=O)CN1C(=O)NC(C)(c2ccc(F)cc2)C1=O. The van der Waals surface area contributed by atoms with E-state index in [2.05, 4.69) is 15.5 Å². The van der Waals surface area contributed by atoms with E-state index in [1.165, 1.54) is 24.3 Å². The molecule has 1 fully saturated rings. The molecule has 4 amide bonds. The molecule has 1 saturated heterocycles. The molecule has 0 spiro atoms. The van der Waals surface area contributed by atoms with E-state index in [4.69, 9.17) is 0 Å². The number of benzene rings is 1. The lowest BCUT2D eigenvalue weighted by atomic mass is 9.92. The van der Waals surface area contributed by atoms with Crippen molar-refractivity contribution in [2.75, 3.05) is 26.2 Å². The predicted molar refractivity (Wildman–Crippen MR) is 99.4 cm³/mol. The number of nitrogens with one attached hydrogen (secondary N) is 2. The number of halogens is 1. The first kappa shape index (κ1) is 20.8. The Morgan fingerprint density at radius 2 is 1.85 bits per heavy atom. The van der Waals surface area contributed by atoms with Crippen molar-refractivity contribution in [2.24, 2.45) is 0 Å². The minimum atomic E-state index is -1.32. The second-order valence-corrected chi connectivity index (χ2v) is 6.83. The lowest BCUT2D eigenvalue weighted by molar-refractivity contribution is -0.134. The van der Waals surface area contributed by atoms with Gasteiger partial charge < -0.3 is 10.6 Å². The highest BCUT2D eigenvalue weighted by atomic mass is 19.1. The van der Waals surface area contributed by atoms with Crippen LogP contribution in [0.15, 0.2) is 24.3 Å². The van der Waals surface area contributed by atoms with Gasteiger partial charge in [0.2, 0.25) is 5.91 Å². The van der Waals surface area contributed by atoms with Crippen LogP contribution < -0.4 is 10.6 Å². The normalized spacial score (nSPS) is 20.7. The van der Waals surface area contributed by atoms with Crippen molar-refractivity contribution in [3.63, 3.8) is 0 Å². The van der Waals surface area contributed by atoms with E-state index in [9.17, 15) is 18.8 Å². The zero-order valence-corrected chi connectivity index (χ0v) is 16.2. The summed E-state index contributed by atoms with van der Waals surface area (Å²) in [5.41, 5.74) is -0.861. The number of urea groups is 1. The van der Waals surface area contributed by atoms with Gasteiger partial charge in [-0.15, -0.1) is 0 Å². The number of nitrogens with zero attached hydrogens (tertiary/aromatic N) is 2. The summed E-state index contributed by atoms with van der Waals surface area (Å²) in [5, 5.41) is 5.37. The third kappa shape index (κ3) is 4.44. The van der Waals surface area contributed by atoms with Crippen molar-refractivity contribution in [1.29, 1.82) is 0 Å². The summed E-state index contributed by atoms with van der Waals surface area (Å²) in [4.78, 5) is 40.3. The first-order valence-corrected chi connectivity index (χ1v) is 9.13. The number of amides is 4. The number of rotatable bonds is 8. The summed E-state index contributed by atoms with van der Waals surface area (Å²) >= 11 is 0. The van der Waals surface area contributed by atoms with Crippen LogP contribution in [0.1, 0.15) is 33.3 Å². The summed E-state index contributed by atoms with van der Waals surface area (Å²) in [6.45, 7) is 9.46. The third-order valence-electron chi connectivity index (χ3n) is 5.03. The van der Waals surface area contributed by atoms with Crippen LogP contribution in [0.4, 0.5) is 9.18 Å². The summed E-state index contributed by atoms with van der Waals surface area (Å²) in [6, 6.07) is 4.86. The van der Waals surface area contributed by atoms with Gasteiger partial charge in [0.25, 0.3) is 5.91 Å². The topological polar surface area (TPSA) is 81.8 Å². The zero-order valence-electron chi connectivity index (χ0n) is 16.2. The van der Waals surface area contributed by atoms with Gasteiger partial charge in [-0.3, -0.25) is 19.4 Å². The van der Waals surface area contributed by atoms with Crippen molar-refractivity contribution < 1.29 is 18.8 Å². The van der Waals surface area contributed by atoms with Gasteiger partial charge in [-0.2, -0.15) is 0 Å². The molecule has 8 heteroatoms. The van der Waals surface area contributed by atoms with Gasteiger partial charge in [-0.05, 0) is 44.6 Å². The maximum Gasteiger partial charge on any atom is 0.325 e. The number of carbonyl (C=O) groups is 3. The third-order valence-corrected chi connectivity index (χ3v) is 5.03. The molecule has 0 radical (unpaired) electrons. The highest BCUT2D eigenvalue weighted by Gasteiger charge is 2.49. The number of carbonyl (C=O) groups excluding carboxylic acids is 3. The minimum Gasteiger partial charge on any atom is -0.353 e. The van der Waals surface area contributed by atoms with Gasteiger partial charge in [-0.25, -0.2) is 9.18 Å². The quantitative estimate of drug-likeness (QED) is 0.671. The van der Waals surface area contributed by atoms with Crippen molar-refractivity contribution in [2.45, 2.75) is 39.3 Å². The Balaban J connectivity index is 2.01. The average molecular weight is 378 g/mol. The molecule has 0 aliphatic carbocycles. The van der Waals surface area contributed by atoms with E-state index in [0.29, 0.717) is 12.1 Å². The molecule has 148 valence electrons. The molecule has 7 nitrogen and oxygen atoms in total. The highest BCUT2D eigenvalue weighted by Crippen LogP contribution is 2.28. The van der Waals surface area contributed by atoms with Crippen molar-refractivity contribution in [1.82, 2.24) is 20.4 Å². The van der Waals surface area contributed by atoms with Crippen molar-refractivity contribution in [3.05, 3.63) is 35.6 Å². The largest absolute Gasteiger partial charge is 0.353 e. The van der Waals surface area contributed by atoms with E-state index < -0.39 is 29.2 Å². The Hall–Kier alpha value is -2.48. The molecule has 1 aliphatic heterocycles. The lowest BCUT2D eigenvalue weighted by Crippen LogP contribution is -2.46. The molecule has 27 heavy (non-hydrogen) atoms. The Bertz CT molecular complexity index is 705. The van der Waals surface area contributed by atoms with Crippen molar-refractivity contribution in [3.8, 4) is 0 Å². The first-order valence-electron chi connectivity index (χ1n) is 9.13. The van der Waals surface area contributed by atoms with Gasteiger partial charge in [0.15, 0.2) is 0 Å². The number of likely N-dealkylation sites (N-methyl/N-ethyl adjacent to an activating group) is 1. The van der Waals surface area contributed by atoms with E-state index in [0.717, 1.165) is 18.0 Å². The molecule has 1 aromatic rings. The summed E-state index contributed by atoms with van der Waals surface area (Å²) in [7, 11) is 0. The molecule has 2 atom stereocenters. The fourth-order valence-corrected chi connectivity index (χ4v) is 3.26. The summed E-state index contributed by atoms with van der Waals surface area (Å²) in [5.74, 6) is -1.37. The molecule has 0 saturated carbocycles. The molecule has 0 bridgehead atoms. The van der Waals surface area contributed by atoms with Crippen LogP contribution in [0.2, 0.25) is 0 Å². The van der Waals surface area contributed by atoms with Crippen LogP contribution in [0.5, 0.6) is 0 Å². The molecule has 1 aromatic carbocycles. The Morgan fingerprint density at radius 3 is 2.41 bits per heavy atom. The van der Waals surface area contributed by atoms with Crippen LogP contribution in [0.25, 0.3) is 0 Å². The van der Waals surface area contributed by atoms with E-state index in [1.807, 2.05) is 20.8 Å². The molecule has 2 unspecified atom stereocenters. The molecular formula is C19H27FN4O3. The Kier molecular flexibility index (Phi) is 6.54. The van der Waals surface area contributed by atoms with Crippen LogP contribution in [0, 0.1) is 5.82 Å². The fourth-order valence-electron chi connectivity index (χ4n) is 3.26. The molecule has 0 aromatic heterocycles.